The number of hydrogen-bond acceptors (Lipinski definition) is 3. The zero-order valence-electron chi connectivity index (χ0n) is 8.87. The molecular weight excluding hydrogens is 293 g/mol. The van der Waals surface area contributed by atoms with Crippen molar-refractivity contribution < 1.29 is 9.53 Å². The molecule has 1 rings (SSSR count). The van der Waals surface area contributed by atoms with Gasteiger partial charge in [0.25, 0.3) is 0 Å². The van der Waals surface area contributed by atoms with Crippen molar-refractivity contribution in [3.8, 4) is 0 Å². The van der Waals surface area contributed by atoms with Gasteiger partial charge in [0.2, 0.25) is 0 Å². The first-order valence-corrected chi connectivity index (χ1v) is 6.07. The van der Waals surface area contributed by atoms with E-state index in [1.165, 1.54) is 0 Å². The number of halogens is 2. The van der Waals surface area contributed by atoms with Crippen LogP contribution in [-0.2, 0) is 9.53 Å². The van der Waals surface area contributed by atoms with Crippen LogP contribution in [0, 0.1) is 0 Å². The van der Waals surface area contributed by atoms with E-state index in [-0.39, 0.29) is 18.4 Å². The van der Waals surface area contributed by atoms with Gasteiger partial charge < -0.3 is 10.5 Å². The summed E-state index contributed by atoms with van der Waals surface area (Å²) in [4.78, 5) is 11.2. The second-order valence-corrected chi connectivity index (χ2v) is 4.55. The van der Waals surface area contributed by atoms with Gasteiger partial charge in [-0.05, 0) is 40.5 Å². The molecule has 3 nitrogen and oxygen atoms in total. The number of benzene rings is 1. The Morgan fingerprint density at radius 1 is 1.62 bits per heavy atom. The van der Waals surface area contributed by atoms with Crippen molar-refractivity contribution in [2.24, 2.45) is 5.73 Å². The van der Waals surface area contributed by atoms with Crippen LogP contribution < -0.4 is 5.73 Å². The van der Waals surface area contributed by atoms with Crippen LogP contribution in [0.2, 0.25) is 5.02 Å². The Morgan fingerprint density at radius 2 is 2.31 bits per heavy atom. The van der Waals surface area contributed by atoms with E-state index in [0.29, 0.717) is 11.6 Å². The standard InChI is InChI=1S/C11H13BrClNO2/c1-2-16-11(15)6-10(14)7-3-4-9(13)8(12)5-7/h3-5,10H,2,6,14H2,1H3. The van der Waals surface area contributed by atoms with E-state index in [1.807, 2.05) is 6.07 Å². The van der Waals surface area contributed by atoms with Crippen LogP contribution >= 0.6 is 27.5 Å². The van der Waals surface area contributed by atoms with Gasteiger partial charge in [0.05, 0.1) is 18.1 Å². The molecule has 0 fully saturated rings. The number of ether oxygens (including phenoxy) is 1. The van der Waals surface area contributed by atoms with Gasteiger partial charge in [-0.15, -0.1) is 0 Å². The van der Waals surface area contributed by atoms with Crippen LogP contribution in [0.25, 0.3) is 0 Å². The molecule has 88 valence electrons. The lowest BCUT2D eigenvalue weighted by Crippen LogP contribution is -2.17. The summed E-state index contributed by atoms with van der Waals surface area (Å²) in [5, 5.41) is 0.618. The molecule has 16 heavy (non-hydrogen) atoms. The van der Waals surface area contributed by atoms with E-state index in [9.17, 15) is 4.79 Å². The summed E-state index contributed by atoms with van der Waals surface area (Å²) in [5.74, 6) is -0.291. The van der Waals surface area contributed by atoms with E-state index < -0.39 is 0 Å². The molecule has 2 N–H and O–H groups in total. The van der Waals surface area contributed by atoms with Crippen molar-refractivity contribution in [1.29, 1.82) is 0 Å². The van der Waals surface area contributed by atoms with E-state index in [1.54, 1.807) is 19.1 Å². The molecule has 0 saturated heterocycles. The summed E-state index contributed by atoms with van der Waals surface area (Å²) in [6, 6.07) is 4.99. The second-order valence-electron chi connectivity index (χ2n) is 3.29. The maximum absolute atomic E-state index is 11.2. The van der Waals surface area contributed by atoms with Crippen LogP contribution in [0.15, 0.2) is 22.7 Å². The summed E-state index contributed by atoms with van der Waals surface area (Å²) >= 11 is 9.17. The third-order valence-electron chi connectivity index (χ3n) is 2.06. The maximum Gasteiger partial charge on any atom is 0.307 e. The number of carbonyl (C=O) groups is 1. The van der Waals surface area contributed by atoms with Crippen molar-refractivity contribution in [3.05, 3.63) is 33.3 Å². The van der Waals surface area contributed by atoms with Crippen molar-refractivity contribution in [2.45, 2.75) is 19.4 Å². The fourth-order valence-corrected chi connectivity index (χ4v) is 1.77. The highest BCUT2D eigenvalue weighted by Crippen LogP contribution is 2.26. The van der Waals surface area contributed by atoms with E-state index in [4.69, 9.17) is 22.1 Å². The molecule has 0 bridgehead atoms. The minimum absolute atomic E-state index is 0.169. The molecule has 0 aliphatic heterocycles. The van der Waals surface area contributed by atoms with Crippen molar-refractivity contribution >= 4 is 33.5 Å². The Morgan fingerprint density at radius 3 is 2.88 bits per heavy atom. The average Bonchev–Trinajstić information content (AvgIpc) is 2.22. The highest BCUT2D eigenvalue weighted by molar-refractivity contribution is 9.10. The van der Waals surface area contributed by atoms with Crippen LogP contribution in [0.1, 0.15) is 24.9 Å². The summed E-state index contributed by atoms with van der Waals surface area (Å²) in [6.45, 7) is 2.14. The molecule has 1 atom stereocenters. The summed E-state index contributed by atoms with van der Waals surface area (Å²) in [7, 11) is 0. The molecule has 0 saturated carbocycles. The lowest BCUT2D eigenvalue weighted by Gasteiger charge is -2.11. The van der Waals surface area contributed by atoms with Gasteiger partial charge >= 0.3 is 5.97 Å². The predicted octanol–water partition coefficient (Wildman–Crippen LogP) is 3.06. The maximum atomic E-state index is 11.2. The van der Waals surface area contributed by atoms with Crippen LogP contribution in [-0.4, -0.2) is 12.6 Å². The monoisotopic (exact) mass is 305 g/mol. The third-order valence-corrected chi connectivity index (χ3v) is 3.28. The molecule has 5 heteroatoms. The Balaban J connectivity index is 2.69. The van der Waals surface area contributed by atoms with E-state index >= 15 is 0 Å². The molecule has 0 spiro atoms. The first-order chi connectivity index (χ1) is 7.54. The summed E-state index contributed by atoms with van der Waals surface area (Å²) in [5.41, 5.74) is 6.73. The molecule has 0 amide bonds. The summed E-state index contributed by atoms with van der Waals surface area (Å²) < 4.78 is 5.60. The molecule has 0 radical (unpaired) electrons. The molecule has 1 aromatic carbocycles. The quantitative estimate of drug-likeness (QED) is 0.870. The number of esters is 1. The number of hydrogen-bond donors (Lipinski definition) is 1. The van der Waals surface area contributed by atoms with Gasteiger partial charge in [0.1, 0.15) is 0 Å². The van der Waals surface area contributed by atoms with Crippen molar-refractivity contribution in [1.82, 2.24) is 0 Å². The Kier molecular flexibility index (Phi) is 5.25. The van der Waals surface area contributed by atoms with E-state index in [2.05, 4.69) is 15.9 Å². The highest BCUT2D eigenvalue weighted by atomic mass is 79.9. The molecule has 0 heterocycles. The van der Waals surface area contributed by atoms with Gasteiger partial charge in [-0.3, -0.25) is 4.79 Å². The Hall–Kier alpha value is -0.580. The molecular formula is C11H13BrClNO2. The minimum atomic E-state index is -0.368. The van der Waals surface area contributed by atoms with Crippen LogP contribution in [0.3, 0.4) is 0 Å². The van der Waals surface area contributed by atoms with Gasteiger partial charge in [-0.25, -0.2) is 0 Å². The second kappa shape index (κ2) is 6.23. The largest absolute Gasteiger partial charge is 0.466 e. The van der Waals surface area contributed by atoms with Gasteiger partial charge in [0, 0.05) is 10.5 Å². The lowest BCUT2D eigenvalue weighted by molar-refractivity contribution is -0.143. The van der Waals surface area contributed by atoms with Crippen molar-refractivity contribution in [2.75, 3.05) is 6.61 Å². The first-order valence-electron chi connectivity index (χ1n) is 4.90. The average molecular weight is 307 g/mol. The minimum Gasteiger partial charge on any atom is -0.466 e. The Bertz CT molecular complexity index is 384. The van der Waals surface area contributed by atoms with E-state index in [0.717, 1.165) is 10.0 Å². The molecule has 0 aliphatic carbocycles. The SMILES string of the molecule is CCOC(=O)CC(N)c1ccc(Cl)c(Br)c1. The topological polar surface area (TPSA) is 52.3 Å². The number of rotatable bonds is 4. The molecule has 0 aromatic heterocycles. The fraction of sp³-hybridized carbons (Fsp3) is 0.364. The molecule has 1 unspecified atom stereocenters. The zero-order chi connectivity index (χ0) is 12.1. The lowest BCUT2D eigenvalue weighted by atomic mass is 10.1. The zero-order valence-corrected chi connectivity index (χ0v) is 11.2. The smallest absolute Gasteiger partial charge is 0.307 e. The van der Waals surface area contributed by atoms with Crippen LogP contribution in [0.5, 0.6) is 0 Å². The Labute approximate surface area is 108 Å². The molecule has 1 aromatic rings. The normalized spacial score (nSPS) is 12.2. The van der Waals surface area contributed by atoms with Crippen molar-refractivity contribution in [3.63, 3.8) is 0 Å². The highest BCUT2D eigenvalue weighted by Gasteiger charge is 2.13. The van der Waals surface area contributed by atoms with Gasteiger partial charge in [-0.1, -0.05) is 17.7 Å². The number of nitrogens with two attached hydrogens (primary N) is 1. The fourth-order valence-electron chi connectivity index (χ4n) is 1.26. The molecule has 0 aliphatic rings. The predicted molar refractivity (Wildman–Crippen MR) is 67.3 cm³/mol. The number of carbonyl (C=O) groups excluding carboxylic acids is 1. The first kappa shape index (κ1) is 13.5. The third kappa shape index (κ3) is 3.77. The van der Waals surface area contributed by atoms with Crippen LogP contribution in [0.4, 0.5) is 0 Å². The summed E-state index contributed by atoms with van der Waals surface area (Å²) in [6.07, 6.45) is 0.169. The van der Waals surface area contributed by atoms with Gasteiger partial charge in [-0.2, -0.15) is 0 Å². The van der Waals surface area contributed by atoms with Gasteiger partial charge in [0.15, 0.2) is 0 Å².